The zero-order valence-corrected chi connectivity index (χ0v) is 21.8. The molecule has 0 atom stereocenters. The van der Waals surface area contributed by atoms with Gasteiger partial charge in [-0.2, -0.15) is 0 Å². The van der Waals surface area contributed by atoms with Gasteiger partial charge in [-0.3, -0.25) is 0 Å². The molecule has 0 amide bonds. The van der Waals surface area contributed by atoms with E-state index in [4.69, 9.17) is 10.1 Å². The van der Waals surface area contributed by atoms with Crippen molar-refractivity contribution >= 4 is 25.0 Å². The number of benzene rings is 3. The first-order valence-corrected chi connectivity index (χ1v) is 12.4. The molecule has 1 radical (unpaired) electrons. The Morgan fingerprint density at radius 1 is 0.784 bits per heavy atom. The maximum Gasteiger partial charge on any atom is 0.331 e. The van der Waals surface area contributed by atoms with Gasteiger partial charge in [-0.05, 0) is 55.9 Å². The molecule has 0 saturated carbocycles. The molecular weight excluding hydrogens is 457 g/mol. The summed E-state index contributed by atoms with van der Waals surface area (Å²) in [4.78, 5) is 4.68. The molecule has 5 nitrogen and oxygen atoms in total. The highest BCUT2D eigenvalue weighted by Gasteiger charge is 2.38. The summed E-state index contributed by atoms with van der Waals surface area (Å²) in [6.07, 6.45) is 2.99. The van der Waals surface area contributed by atoms with Crippen molar-refractivity contribution in [1.29, 1.82) is 5.41 Å². The third-order valence-electron chi connectivity index (χ3n) is 7.05. The van der Waals surface area contributed by atoms with Crippen molar-refractivity contribution in [3.63, 3.8) is 0 Å². The average molecular weight is 490 g/mol. The van der Waals surface area contributed by atoms with Crippen molar-refractivity contribution in [3.05, 3.63) is 126 Å². The largest absolute Gasteiger partial charge is 0.427 e. The summed E-state index contributed by atoms with van der Waals surface area (Å²) >= 11 is 0. The molecule has 6 heteroatoms. The van der Waals surface area contributed by atoms with Crippen LogP contribution in [-0.4, -0.2) is 35.0 Å². The van der Waals surface area contributed by atoms with Crippen LogP contribution >= 0.6 is 0 Å². The van der Waals surface area contributed by atoms with Crippen LogP contribution in [0.4, 0.5) is 5.82 Å². The van der Waals surface area contributed by atoms with Crippen molar-refractivity contribution in [2.75, 3.05) is 5.32 Å². The Morgan fingerprint density at radius 2 is 1.24 bits per heavy atom. The molecule has 0 saturated heterocycles. The number of aliphatic hydroxyl groups is 1. The van der Waals surface area contributed by atoms with E-state index in [2.05, 4.69) is 46.7 Å². The lowest BCUT2D eigenvalue weighted by Crippen LogP contribution is -2.49. The molecule has 3 aromatic carbocycles. The van der Waals surface area contributed by atoms with E-state index in [1.807, 2.05) is 68.4 Å². The molecule has 4 rings (SSSR count). The third kappa shape index (κ3) is 5.36. The van der Waals surface area contributed by atoms with Gasteiger partial charge >= 0.3 is 7.48 Å². The molecule has 0 aliphatic rings. The van der Waals surface area contributed by atoms with Crippen LogP contribution in [0.15, 0.2) is 103 Å². The van der Waals surface area contributed by atoms with Gasteiger partial charge in [0.25, 0.3) is 0 Å². The minimum atomic E-state index is -1.06. The molecule has 1 aromatic heterocycles. The van der Waals surface area contributed by atoms with Gasteiger partial charge in [0.15, 0.2) is 0 Å². The number of pyridine rings is 1. The van der Waals surface area contributed by atoms with Crippen molar-refractivity contribution in [3.8, 4) is 0 Å². The summed E-state index contributed by atoms with van der Waals surface area (Å²) in [6, 6.07) is 32.6. The SMILES string of the molecule is CC(C)(O)C(C)(C)O[B]c1ccnc(NC(c2ccccc2)(c2ccccc2)c2ccccc2)c1C=N. The smallest absolute Gasteiger partial charge is 0.331 e. The van der Waals surface area contributed by atoms with Crippen molar-refractivity contribution in [2.24, 2.45) is 0 Å². The highest BCUT2D eigenvalue weighted by atomic mass is 16.5. The van der Waals surface area contributed by atoms with Gasteiger partial charge in [-0.1, -0.05) is 91.0 Å². The van der Waals surface area contributed by atoms with E-state index in [-0.39, 0.29) is 0 Å². The van der Waals surface area contributed by atoms with Crippen LogP contribution in [0.3, 0.4) is 0 Å². The number of hydrogen-bond acceptors (Lipinski definition) is 5. The second-order valence-corrected chi connectivity index (χ2v) is 10.1. The molecule has 0 aliphatic heterocycles. The van der Waals surface area contributed by atoms with Crippen molar-refractivity contribution < 1.29 is 9.76 Å². The highest BCUT2D eigenvalue weighted by Crippen LogP contribution is 2.40. The van der Waals surface area contributed by atoms with Crippen LogP contribution < -0.4 is 10.8 Å². The van der Waals surface area contributed by atoms with Crippen molar-refractivity contribution in [1.82, 2.24) is 4.98 Å². The molecule has 0 bridgehead atoms. The molecule has 0 aliphatic carbocycles. The maximum absolute atomic E-state index is 10.5. The lowest BCUT2D eigenvalue weighted by molar-refractivity contribution is -0.0893. The molecule has 4 aromatic rings. The Kier molecular flexibility index (Phi) is 7.62. The van der Waals surface area contributed by atoms with E-state index in [1.54, 1.807) is 33.6 Å². The first-order chi connectivity index (χ1) is 17.7. The normalized spacial score (nSPS) is 12.1. The second kappa shape index (κ2) is 10.7. The summed E-state index contributed by atoms with van der Waals surface area (Å²) in [5.41, 5.74) is 1.71. The van der Waals surface area contributed by atoms with Gasteiger partial charge in [0, 0.05) is 18.0 Å². The van der Waals surface area contributed by atoms with Crippen LogP contribution in [0.2, 0.25) is 0 Å². The Hall–Kier alpha value is -3.74. The summed E-state index contributed by atoms with van der Waals surface area (Å²) in [5, 5.41) is 22.5. The van der Waals surface area contributed by atoms with Gasteiger partial charge in [-0.25, -0.2) is 4.98 Å². The Morgan fingerprint density at radius 3 is 1.65 bits per heavy atom. The van der Waals surface area contributed by atoms with Gasteiger partial charge in [0.1, 0.15) is 11.4 Å². The number of aromatic nitrogens is 1. The van der Waals surface area contributed by atoms with Crippen LogP contribution in [0.1, 0.15) is 49.9 Å². The molecule has 1 heterocycles. The highest BCUT2D eigenvalue weighted by molar-refractivity contribution is 6.49. The summed E-state index contributed by atoms with van der Waals surface area (Å²) in [5.74, 6) is 0.546. The maximum atomic E-state index is 10.5. The van der Waals surface area contributed by atoms with Crippen LogP contribution in [0.25, 0.3) is 0 Å². The van der Waals surface area contributed by atoms with Crippen molar-refractivity contribution in [2.45, 2.75) is 44.4 Å². The van der Waals surface area contributed by atoms with E-state index in [1.165, 1.54) is 6.21 Å². The number of nitrogens with zero attached hydrogens (tertiary/aromatic N) is 1. The zero-order chi connectivity index (χ0) is 26.5. The molecular formula is C31H33BN3O2. The fourth-order valence-electron chi connectivity index (χ4n) is 4.16. The van der Waals surface area contributed by atoms with E-state index >= 15 is 0 Å². The molecule has 3 N–H and O–H groups in total. The van der Waals surface area contributed by atoms with Crippen LogP contribution in [0, 0.1) is 5.41 Å². The Labute approximate surface area is 220 Å². The summed E-state index contributed by atoms with van der Waals surface area (Å²) in [7, 11) is 1.60. The number of rotatable bonds is 10. The molecule has 0 fully saturated rings. The first kappa shape index (κ1) is 26.3. The molecule has 37 heavy (non-hydrogen) atoms. The van der Waals surface area contributed by atoms with Gasteiger partial charge in [-0.15, -0.1) is 0 Å². The lowest BCUT2D eigenvalue weighted by Gasteiger charge is -2.38. The van der Waals surface area contributed by atoms with Crippen LogP contribution in [0.5, 0.6) is 0 Å². The predicted molar refractivity (Wildman–Crippen MR) is 152 cm³/mol. The van der Waals surface area contributed by atoms with Gasteiger partial charge < -0.3 is 20.5 Å². The Balaban J connectivity index is 1.87. The molecule has 0 spiro atoms. The number of hydrogen-bond donors (Lipinski definition) is 3. The summed E-state index contributed by atoms with van der Waals surface area (Å²) in [6.45, 7) is 7.09. The van der Waals surface area contributed by atoms with E-state index < -0.39 is 16.7 Å². The third-order valence-corrected chi connectivity index (χ3v) is 7.05. The molecule has 0 unspecified atom stereocenters. The quantitative estimate of drug-likeness (QED) is 0.160. The zero-order valence-electron chi connectivity index (χ0n) is 21.8. The van der Waals surface area contributed by atoms with E-state index in [0.29, 0.717) is 16.8 Å². The summed E-state index contributed by atoms with van der Waals surface area (Å²) < 4.78 is 6.03. The van der Waals surface area contributed by atoms with Gasteiger partial charge in [0.05, 0.1) is 11.2 Å². The first-order valence-electron chi connectivity index (χ1n) is 12.4. The minimum Gasteiger partial charge on any atom is -0.427 e. The number of anilines is 1. The minimum absolute atomic E-state index is 0.546. The predicted octanol–water partition coefficient (Wildman–Crippen LogP) is 5.29. The number of nitrogens with one attached hydrogen (secondary N) is 2. The topological polar surface area (TPSA) is 78.2 Å². The average Bonchev–Trinajstić information content (AvgIpc) is 2.91. The van der Waals surface area contributed by atoms with Gasteiger partial charge in [0.2, 0.25) is 0 Å². The fourth-order valence-corrected chi connectivity index (χ4v) is 4.16. The molecule has 187 valence electrons. The van der Waals surface area contributed by atoms with Crippen LogP contribution in [-0.2, 0) is 10.2 Å². The monoisotopic (exact) mass is 490 g/mol. The second-order valence-electron chi connectivity index (χ2n) is 10.1. The van der Waals surface area contributed by atoms with E-state index in [9.17, 15) is 5.11 Å². The lowest BCUT2D eigenvalue weighted by atomic mass is 9.76. The Bertz CT molecular complexity index is 1220. The standard InChI is InChI=1S/C31H33BN3O2/c1-29(2,36)30(3,4)37-32-27-20-21-34-28(26(27)22-33)35-31(23-14-8-5-9-15-23,24-16-10-6-11-17-24)25-18-12-7-13-19-25/h5-22,33,36H,1-4H3,(H,34,35). The fraction of sp³-hybridized carbons (Fsp3) is 0.226. The van der Waals surface area contributed by atoms with E-state index in [0.717, 1.165) is 16.7 Å².